The molecule has 1 atom stereocenters. The summed E-state index contributed by atoms with van der Waals surface area (Å²) in [5.74, 6) is 0.108. The summed E-state index contributed by atoms with van der Waals surface area (Å²) in [4.78, 5) is 26.4. The van der Waals surface area contributed by atoms with Crippen LogP contribution in [0.2, 0.25) is 0 Å². The van der Waals surface area contributed by atoms with Crippen LogP contribution in [0.1, 0.15) is 159 Å². The highest BCUT2D eigenvalue weighted by molar-refractivity contribution is 5.90. The number of hydrogen-bond acceptors (Lipinski definition) is 6. The monoisotopic (exact) mass is 682 g/mol. The second kappa shape index (κ2) is 20.4. The fourth-order valence-electron chi connectivity index (χ4n) is 7.41. The third-order valence-electron chi connectivity index (χ3n) is 10.6. The van der Waals surface area contributed by atoms with Crippen LogP contribution in [0.4, 0.5) is 0 Å². The van der Waals surface area contributed by atoms with Crippen LogP contribution in [0.15, 0.2) is 78.9 Å². The van der Waals surface area contributed by atoms with Gasteiger partial charge in [-0.3, -0.25) is 0 Å². The SMILES string of the molecule is CCCCCOC1CCC(c2ccc(C(=O)OCC(OC(=O)c3ccc(C4CCC(OCCCCC)CC4)cc3)c3ccccc3)cc2)CC1. The molecule has 0 amide bonds. The van der Waals surface area contributed by atoms with Gasteiger partial charge in [0.15, 0.2) is 6.10 Å². The molecule has 0 radical (unpaired) electrons. The highest BCUT2D eigenvalue weighted by Gasteiger charge is 2.26. The lowest BCUT2D eigenvalue weighted by Gasteiger charge is -2.29. The topological polar surface area (TPSA) is 71.1 Å². The molecule has 0 aromatic heterocycles. The minimum Gasteiger partial charge on any atom is -0.458 e. The quantitative estimate of drug-likeness (QED) is 0.0982. The first-order valence-electron chi connectivity index (χ1n) is 19.4. The summed E-state index contributed by atoms with van der Waals surface area (Å²) >= 11 is 0. The summed E-state index contributed by atoms with van der Waals surface area (Å²) in [6, 6.07) is 25.1. The minimum atomic E-state index is -0.724. The summed E-state index contributed by atoms with van der Waals surface area (Å²) in [6.45, 7) is 6.10. The molecule has 50 heavy (non-hydrogen) atoms. The molecule has 0 aliphatic heterocycles. The molecule has 270 valence electrons. The minimum absolute atomic E-state index is 0.0690. The van der Waals surface area contributed by atoms with Crippen LogP contribution in [0, 0.1) is 0 Å². The van der Waals surface area contributed by atoms with Gasteiger partial charge in [-0.05, 0) is 117 Å². The first-order chi connectivity index (χ1) is 24.5. The third kappa shape index (κ3) is 11.5. The molecule has 5 rings (SSSR count). The molecule has 2 aliphatic carbocycles. The molecule has 1 unspecified atom stereocenters. The lowest BCUT2D eigenvalue weighted by atomic mass is 9.82. The standard InChI is InChI=1S/C44H58O6/c1-3-5-10-30-47-40-26-22-35(23-27-40)33-14-18-38(19-15-33)43(45)49-32-42(37-12-8-7-9-13-37)50-44(46)39-20-16-34(17-21-39)36-24-28-41(29-25-36)48-31-11-6-4-2/h7-9,12-21,35-36,40-42H,3-6,10-11,22-32H2,1-2H3. The zero-order valence-corrected chi connectivity index (χ0v) is 30.4. The molecule has 0 heterocycles. The normalized spacial score (nSPS) is 21.3. The Morgan fingerprint density at radius 3 is 1.50 bits per heavy atom. The van der Waals surface area contributed by atoms with E-state index in [0.29, 0.717) is 35.2 Å². The van der Waals surface area contributed by atoms with Crippen molar-refractivity contribution < 1.29 is 28.5 Å². The van der Waals surface area contributed by atoms with Gasteiger partial charge in [-0.25, -0.2) is 9.59 Å². The Balaban J connectivity index is 1.10. The van der Waals surface area contributed by atoms with Crippen molar-refractivity contribution >= 4 is 11.9 Å². The van der Waals surface area contributed by atoms with Crippen molar-refractivity contribution in [1.29, 1.82) is 0 Å². The Morgan fingerprint density at radius 1 is 0.580 bits per heavy atom. The van der Waals surface area contributed by atoms with Crippen molar-refractivity contribution in [2.75, 3.05) is 19.8 Å². The maximum atomic E-state index is 13.3. The predicted octanol–water partition coefficient (Wildman–Crippen LogP) is 10.9. The second-order valence-corrected chi connectivity index (χ2v) is 14.3. The molecule has 2 aliphatic rings. The van der Waals surface area contributed by atoms with Gasteiger partial charge in [-0.2, -0.15) is 0 Å². The van der Waals surface area contributed by atoms with Crippen molar-refractivity contribution in [2.45, 2.75) is 134 Å². The molecule has 6 heteroatoms. The molecule has 0 spiro atoms. The maximum absolute atomic E-state index is 13.3. The summed E-state index contributed by atoms with van der Waals surface area (Å²) in [6.07, 6.45) is 15.9. The van der Waals surface area contributed by atoms with Crippen LogP contribution in [-0.4, -0.2) is 44.0 Å². The number of esters is 2. The predicted molar refractivity (Wildman–Crippen MR) is 199 cm³/mol. The molecule has 3 aromatic carbocycles. The Labute approximate surface area is 300 Å². The summed E-state index contributed by atoms with van der Waals surface area (Å²) in [5.41, 5.74) is 4.27. The molecule has 0 N–H and O–H groups in total. The van der Waals surface area contributed by atoms with Gasteiger partial charge in [0.2, 0.25) is 0 Å². The Hall–Kier alpha value is -3.48. The van der Waals surface area contributed by atoms with E-state index in [0.717, 1.165) is 83.0 Å². The Bertz CT molecular complexity index is 1400. The first-order valence-corrected chi connectivity index (χ1v) is 19.4. The average Bonchev–Trinajstić information content (AvgIpc) is 3.17. The average molecular weight is 683 g/mol. The fraction of sp³-hybridized carbons (Fsp3) is 0.545. The number of hydrogen-bond donors (Lipinski definition) is 0. The van der Waals surface area contributed by atoms with Gasteiger partial charge >= 0.3 is 11.9 Å². The molecule has 3 aromatic rings. The summed E-state index contributed by atoms with van der Waals surface area (Å²) in [7, 11) is 0. The van der Waals surface area contributed by atoms with E-state index in [2.05, 4.69) is 38.1 Å². The van der Waals surface area contributed by atoms with E-state index in [1.165, 1.54) is 36.8 Å². The third-order valence-corrected chi connectivity index (χ3v) is 10.6. The van der Waals surface area contributed by atoms with Crippen LogP contribution < -0.4 is 0 Å². The molecule has 0 saturated heterocycles. The molecule has 0 bridgehead atoms. The Kier molecular flexibility index (Phi) is 15.4. The van der Waals surface area contributed by atoms with E-state index in [-0.39, 0.29) is 6.61 Å². The Morgan fingerprint density at radius 2 is 1.04 bits per heavy atom. The lowest BCUT2D eigenvalue weighted by molar-refractivity contribution is -0.00134. The lowest BCUT2D eigenvalue weighted by Crippen LogP contribution is -2.21. The number of benzene rings is 3. The van der Waals surface area contributed by atoms with E-state index in [4.69, 9.17) is 18.9 Å². The molecule has 6 nitrogen and oxygen atoms in total. The van der Waals surface area contributed by atoms with Gasteiger partial charge in [0.25, 0.3) is 0 Å². The van der Waals surface area contributed by atoms with Gasteiger partial charge in [-0.15, -0.1) is 0 Å². The zero-order chi connectivity index (χ0) is 35.0. The highest BCUT2D eigenvalue weighted by atomic mass is 16.6. The summed E-state index contributed by atoms with van der Waals surface area (Å²) < 4.78 is 23.9. The summed E-state index contributed by atoms with van der Waals surface area (Å²) in [5, 5.41) is 0. The van der Waals surface area contributed by atoms with Crippen LogP contribution in [0.3, 0.4) is 0 Å². The van der Waals surface area contributed by atoms with E-state index in [9.17, 15) is 9.59 Å². The number of unbranched alkanes of at least 4 members (excludes halogenated alkanes) is 4. The van der Waals surface area contributed by atoms with Gasteiger partial charge in [0.05, 0.1) is 23.3 Å². The van der Waals surface area contributed by atoms with Crippen LogP contribution >= 0.6 is 0 Å². The van der Waals surface area contributed by atoms with Crippen molar-refractivity contribution in [3.8, 4) is 0 Å². The second-order valence-electron chi connectivity index (χ2n) is 14.3. The van der Waals surface area contributed by atoms with Crippen molar-refractivity contribution in [3.05, 3.63) is 107 Å². The largest absolute Gasteiger partial charge is 0.458 e. The van der Waals surface area contributed by atoms with Crippen LogP contribution in [0.5, 0.6) is 0 Å². The van der Waals surface area contributed by atoms with Gasteiger partial charge in [-0.1, -0.05) is 94.1 Å². The van der Waals surface area contributed by atoms with Gasteiger partial charge in [0, 0.05) is 13.2 Å². The fourth-order valence-corrected chi connectivity index (χ4v) is 7.41. The van der Waals surface area contributed by atoms with Crippen molar-refractivity contribution in [2.24, 2.45) is 0 Å². The van der Waals surface area contributed by atoms with Crippen LogP contribution in [-0.2, 0) is 18.9 Å². The van der Waals surface area contributed by atoms with E-state index >= 15 is 0 Å². The smallest absolute Gasteiger partial charge is 0.338 e. The van der Waals surface area contributed by atoms with Gasteiger partial charge < -0.3 is 18.9 Å². The maximum Gasteiger partial charge on any atom is 0.338 e. The van der Waals surface area contributed by atoms with Crippen molar-refractivity contribution in [3.63, 3.8) is 0 Å². The zero-order valence-electron chi connectivity index (χ0n) is 30.4. The molecular weight excluding hydrogens is 624 g/mol. The number of rotatable bonds is 18. The molecular formula is C44H58O6. The highest BCUT2D eigenvalue weighted by Crippen LogP contribution is 2.36. The van der Waals surface area contributed by atoms with E-state index in [1.54, 1.807) is 0 Å². The van der Waals surface area contributed by atoms with E-state index in [1.807, 2.05) is 54.6 Å². The number of carbonyl (C=O) groups is 2. The number of carbonyl (C=O) groups excluding carboxylic acids is 2. The molecule has 2 fully saturated rings. The first kappa shape index (κ1) is 37.8. The molecule has 2 saturated carbocycles. The van der Waals surface area contributed by atoms with Crippen molar-refractivity contribution in [1.82, 2.24) is 0 Å². The van der Waals surface area contributed by atoms with E-state index < -0.39 is 18.0 Å². The number of ether oxygens (including phenoxy) is 4. The van der Waals surface area contributed by atoms with Crippen LogP contribution in [0.25, 0.3) is 0 Å². The van der Waals surface area contributed by atoms with Gasteiger partial charge in [0.1, 0.15) is 6.61 Å².